The summed E-state index contributed by atoms with van der Waals surface area (Å²) in [4.78, 5) is 17.0. The van der Waals surface area contributed by atoms with Crippen molar-refractivity contribution in [1.82, 2.24) is 10.3 Å². The molecule has 0 atom stereocenters. The zero-order chi connectivity index (χ0) is 12.3. The van der Waals surface area contributed by atoms with Crippen molar-refractivity contribution in [2.45, 2.75) is 19.3 Å². The van der Waals surface area contributed by atoms with Crippen LogP contribution in [0.15, 0.2) is 12.1 Å². The Morgan fingerprint density at radius 1 is 1.33 bits per heavy atom. The highest BCUT2D eigenvalue weighted by Gasteiger charge is 2.17. The van der Waals surface area contributed by atoms with Crippen LogP contribution in [-0.4, -0.2) is 31.0 Å². The van der Waals surface area contributed by atoms with Gasteiger partial charge in [-0.3, -0.25) is 4.79 Å². The minimum Gasteiger partial charge on any atom is -0.368 e. The van der Waals surface area contributed by atoms with Gasteiger partial charge in [-0.15, -0.1) is 12.4 Å². The number of amides is 1. The predicted octanol–water partition coefficient (Wildman–Crippen LogP) is 1.99. The highest BCUT2D eigenvalue weighted by molar-refractivity contribution is 5.92. The summed E-state index contributed by atoms with van der Waals surface area (Å²) in [5, 5.41) is 2.43. The van der Waals surface area contributed by atoms with E-state index in [1.165, 1.54) is 13.5 Å². The Balaban J connectivity index is 0.00000162. The van der Waals surface area contributed by atoms with E-state index in [4.69, 9.17) is 0 Å². The Bertz CT molecular complexity index is 422. The summed E-state index contributed by atoms with van der Waals surface area (Å²) in [6, 6.07) is 3.20. The van der Waals surface area contributed by atoms with Crippen LogP contribution in [0, 0.1) is 5.95 Å². The summed E-state index contributed by atoms with van der Waals surface area (Å²) >= 11 is 0. The molecule has 0 radical (unpaired) electrons. The van der Waals surface area contributed by atoms with Crippen LogP contribution in [0.4, 0.5) is 10.1 Å². The van der Waals surface area contributed by atoms with E-state index in [0.717, 1.165) is 25.9 Å². The van der Waals surface area contributed by atoms with Crippen LogP contribution in [-0.2, 0) is 0 Å². The molecule has 1 aromatic rings. The molecular formula is C12H17ClFN3O. The fourth-order valence-electron chi connectivity index (χ4n) is 2.05. The summed E-state index contributed by atoms with van der Waals surface area (Å²) in [5.74, 6) is -0.929. The number of hydrogen-bond acceptors (Lipinski definition) is 3. The second-order valence-electron chi connectivity index (χ2n) is 4.13. The van der Waals surface area contributed by atoms with Crippen molar-refractivity contribution in [3.63, 3.8) is 0 Å². The van der Waals surface area contributed by atoms with Crippen molar-refractivity contribution in [3.05, 3.63) is 23.8 Å². The number of nitrogens with one attached hydrogen (secondary N) is 1. The first-order valence-corrected chi connectivity index (χ1v) is 5.86. The molecule has 0 spiro atoms. The lowest BCUT2D eigenvalue weighted by Gasteiger charge is -2.28. The highest BCUT2D eigenvalue weighted by atomic mass is 35.5. The maximum Gasteiger partial charge on any atom is 0.269 e. The van der Waals surface area contributed by atoms with Gasteiger partial charge in [0.25, 0.3) is 5.91 Å². The summed E-state index contributed by atoms with van der Waals surface area (Å²) in [6.07, 6.45) is 3.36. The molecular weight excluding hydrogens is 257 g/mol. The van der Waals surface area contributed by atoms with Crippen LogP contribution in [0.1, 0.15) is 29.8 Å². The maximum atomic E-state index is 13.8. The molecule has 0 bridgehead atoms. The van der Waals surface area contributed by atoms with E-state index in [-0.39, 0.29) is 24.0 Å². The molecule has 0 saturated carbocycles. The van der Waals surface area contributed by atoms with Crippen LogP contribution >= 0.6 is 12.4 Å². The van der Waals surface area contributed by atoms with Gasteiger partial charge in [-0.25, -0.2) is 4.98 Å². The summed E-state index contributed by atoms with van der Waals surface area (Å²) in [6.45, 7) is 1.72. The highest BCUT2D eigenvalue weighted by Crippen LogP contribution is 2.22. The van der Waals surface area contributed by atoms with Crippen molar-refractivity contribution in [2.24, 2.45) is 0 Å². The molecule has 100 valence electrons. The molecule has 18 heavy (non-hydrogen) atoms. The lowest BCUT2D eigenvalue weighted by molar-refractivity contribution is 0.0957. The third-order valence-electron chi connectivity index (χ3n) is 2.99. The molecule has 0 aliphatic carbocycles. The Morgan fingerprint density at radius 2 is 2.00 bits per heavy atom. The fraction of sp³-hybridized carbons (Fsp3) is 0.500. The third kappa shape index (κ3) is 3.10. The number of pyridine rings is 1. The number of hydrogen-bond donors (Lipinski definition) is 1. The van der Waals surface area contributed by atoms with Crippen LogP contribution in [0.5, 0.6) is 0 Å². The average Bonchev–Trinajstić information content (AvgIpc) is 2.38. The normalized spacial score (nSPS) is 14.9. The molecule has 2 rings (SSSR count). The standard InChI is InChI=1S/C12H16FN3O.ClH/c1-14-12(17)9-5-6-10(11(13)15-9)16-7-3-2-4-8-16;/h5-6H,2-4,7-8H2,1H3,(H,14,17);1H. The Hall–Kier alpha value is -1.36. The molecule has 1 N–H and O–H groups in total. The van der Waals surface area contributed by atoms with E-state index in [9.17, 15) is 9.18 Å². The molecule has 2 heterocycles. The van der Waals surface area contributed by atoms with E-state index in [2.05, 4.69) is 10.3 Å². The van der Waals surface area contributed by atoms with Gasteiger partial charge in [-0.2, -0.15) is 4.39 Å². The van der Waals surface area contributed by atoms with Gasteiger partial charge in [-0.1, -0.05) is 0 Å². The van der Waals surface area contributed by atoms with E-state index < -0.39 is 5.95 Å². The van der Waals surface area contributed by atoms with Gasteiger partial charge in [-0.05, 0) is 31.4 Å². The lowest BCUT2D eigenvalue weighted by atomic mass is 10.1. The number of anilines is 1. The van der Waals surface area contributed by atoms with Gasteiger partial charge < -0.3 is 10.2 Å². The molecule has 1 aromatic heterocycles. The van der Waals surface area contributed by atoms with Gasteiger partial charge >= 0.3 is 0 Å². The number of carbonyl (C=O) groups excluding carboxylic acids is 1. The van der Waals surface area contributed by atoms with Gasteiger partial charge in [0.15, 0.2) is 0 Å². The van der Waals surface area contributed by atoms with Crippen molar-refractivity contribution in [1.29, 1.82) is 0 Å². The van der Waals surface area contributed by atoms with Crippen LogP contribution in [0.3, 0.4) is 0 Å². The second kappa shape index (κ2) is 6.54. The van der Waals surface area contributed by atoms with Crippen LogP contribution in [0.25, 0.3) is 0 Å². The first-order valence-electron chi connectivity index (χ1n) is 5.86. The lowest BCUT2D eigenvalue weighted by Crippen LogP contribution is -2.30. The molecule has 6 heteroatoms. The Morgan fingerprint density at radius 3 is 2.56 bits per heavy atom. The summed E-state index contributed by atoms with van der Waals surface area (Å²) in [5.41, 5.74) is 0.614. The van der Waals surface area contributed by atoms with Crippen molar-refractivity contribution in [3.8, 4) is 0 Å². The molecule has 1 aliphatic rings. The molecule has 1 fully saturated rings. The fourth-order valence-corrected chi connectivity index (χ4v) is 2.05. The van der Waals surface area contributed by atoms with Crippen molar-refractivity contribution < 1.29 is 9.18 Å². The molecule has 0 aromatic carbocycles. The Kier molecular flexibility index (Phi) is 5.34. The van der Waals surface area contributed by atoms with Gasteiger partial charge in [0, 0.05) is 20.1 Å². The van der Waals surface area contributed by atoms with Crippen LogP contribution in [0.2, 0.25) is 0 Å². The van der Waals surface area contributed by atoms with Crippen LogP contribution < -0.4 is 10.2 Å². The average molecular weight is 274 g/mol. The number of piperidine rings is 1. The predicted molar refractivity (Wildman–Crippen MR) is 70.9 cm³/mol. The first-order chi connectivity index (χ1) is 8.22. The SMILES string of the molecule is CNC(=O)c1ccc(N2CCCCC2)c(F)n1.Cl. The minimum absolute atomic E-state index is 0. The third-order valence-corrected chi connectivity index (χ3v) is 2.99. The molecule has 1 aliphatic heterocycles. The van der Waals surface area contributed by atoms with Gasteiger partial charge in [0.05, 0.1) is 5.69 Å². The first kappa shape index (κ1) is 14.7. The maximum absolute atomic E-state index is 13.8. The van der Waals surface area contributed by atoms with E-state index in [1.54, 1.807) is 12.1 Å². The molecule has 0 unspecified atom stereocenters. The van der Waals surface area contributed by atoms with E-state index >= 15 is 0 Å². The molecule has 1 amide bonds. The number of aromatic nitrogens is 1. The zero-order valence-electron chi connectivity index (χ0n) is 10.3. The largest absolute Gasteiger partial charge is 0.368 e. The monoisotopic (exact) mass is 273 g/mol. The summed E-state index contributed by atoms with van der Waals surface area (Å²) in [7, 11) is 1.50. The smallest absolute Gasteiger partial charge is 0.269 e. The van der Waals surface area contributed by atoms with Gasteiger partial charge in [0.1, 0.15) is 5.69 Å². The van der Waals surface area contributed by atoms with Crippen molar-refractivity contribution >= 4 is 24.0 Å². The number of halogens is 2. The van der Waals surface area contributed by atoms with Crippen molar-refractivity contribution in [2.75, 3.05) is 25.0 Å². The number of nitrogens with zero attached hydrogens (tertiary/aromatic N) is 2. The minimum atomic E-state index is -0.562. The quantitative estimate of drug-likeness (QED) is 0.838. The van der Waals surface area contributed by atoms with E-state index in [0.29, 0.717) is 5.69 Å². The molecule has 4 nitrogen and oxygen atoms in total. The topological polar surface area (TPSA) is 45.2 Å². The van der Waals surface area contributed by atoms with Gasteiger partial charge in [0.2, 0.25) is 5.95 Å². The number of carbonyl (C=O) groups is 1. The Labute approximate surface area is 112 Å². The van der Waals surface area contributed by atoms with E-state index in [1.807, 2.05) is 4.90 Å². The molecule has 1 saturated heterocycles. The number of rotatable bonds is 2. The second-order valence-corrected chi connectivity index (χ2v) is 4.13. The zero-order valence-corrected chi connectivity index (χ0v) is 11.1. The summed E-state index contributed by atoms with van der Waals surface area (Å²) < 4.78 is 13.8.